The Morgan fingerprint density at radius 3 is 2.86 bits per heavy atom. The molecule has 0 atom stereocenters. The van der Waals surface area contributed by atoms with Crippen LogP contribution in [0, 0.1) is 0 Å². The number of carboxylic acids is 1. The molecule has 0 amide bonds. The third kappa shape index (κ3) is 3.25. The highest BCUT2D eigenvalue weighted by Gasteiger charge is 2.15. The number of ether oxygens (including phenoxy) is 1. The molecular formula is C14H17N3O4. The third-order valence-electron chi connectivity index (χ3n) is 3.02. The molecule has 0 fully saturated rings. The number of hydrogen-bond acceptors (Lipinski definition) is 5. The molecule has 3 N–H and O–H groups in total. The number of benzene rings is 1. The number of methoxy groups -OCH3 is 1. The van der Waals surface area contributed by atoms with Crippen molar-refractivity contribution in [2.75, 3.05) is 12.4 Å². The topological polar surface area (TPSA) is 96.6 Å². The van der Waals surface area contributed by atoms with Gasteiger partial charge >= 0.3 is 5.97 Å². The fourth-order valence-corrected chi connectivity index (χ4v) is 1.90. The third-order valence-corrected chi connectivity index (χ3v) is 3.02. The summed E-state index contributed by atoms with van der Waals surface area (Å²) in [5, 5.41) is 25.7. The first kappa shape index (κ1) is 14.7. The van der Waals surface area contributed by atoms with E-state index in [0.717, 1.165) is 5.56 Å². The summed E-state index contributed by atoms with van der Waals surface area (Å²) in [6.45, 7) is 2.87. The number of aromatic nitrogens is 2. The number of rotatable bonds is 6. The first-order chi connectivity index (χ1) is 10.0. The molecule has 0 unspecified atom stereocenters. The van der Waals surface area contributed by atoms with Gasteiger partial charge in [-0.15, -0.1) is 0 Å². The molecule has 2 aromatic rings. The Morgan fingerprint density at radius 2 is 2.24 bits per heavy atom. The maximum absolute atomic E-state index is 11.1. The summed E-state index contributed by atoms with van der Waals surface area (Å²) in [5.74, 6) is -0.642. The first-order valence-corrected chi connectivity index (χ1v) is 6.45. The van der Waals surface area contributed by atoms with E-state index in [-0.39, 0.29) is 11.4 Å². The summed E-state index contributed by atoms with van der Waals surface area (Å²) < 4.78 is 6.59. The Bertz CT molecular complexity index is 652. The zero-order valence-electron chi connectivity index (χ0n) is 11.8. The van der Waals surface area contributed by atoms with Crippen LogP contribution in [0.15, 0.2) is 24.4 Å². The van der Waals surface area contributed by atoms with Crippen molar-refractivity contribution >= 4 is 11.7 Å². The number of phenolic OH excluding ortho intramolecular Hbond substituents is 1. The van der Waals surface area contributed by atoms with E-state index < -0.39 is 5.97 Å². The van der Waals surface area contributed by atoms with Gasteiger partial charge in [0.25, 0.3) is 0 Å². The van der Waals surface area contributed by atoms with Crippen molar-refractivity contribution in [3.05, 3.63) is 35.7 Å². The molecule has 0 spiro atoms. The van der Waals surface area contributed by atoms with Crippen molar-refractivity contribution in [1.82, 2.24) is 9.78 Å². The van der Waals surface area contributed by atoms with E-state index in [9.17, 15) is 9.90 Å². The fraction of sp³-hybridized carbons (Fsp3) is 0.286. The summed E-state index contributed by atoms with van der Waals surface area (Å²) in [5.41, 5.74) is 1.30. The van der Waals surface area contributed by atoms with E-state index in [1.54, 1.807) is 23.0 Å². The minimum atomic E-state index is -1.08. The second-order valence-electron chi connectivity index (χ2n) is 4.41. The van der Waals surface area contributed by atoms with Gasteiger partial charge in [0.1, 0.15) is 0 Å². The lowest BCUT2D eigenvalue weighted by Gasteiger charge is -2.08. The number of aromatic hydroxyl groups is 1. The SMILES string of the molecule is CCn1cc(NCc2ccc(O)c(OC)c2)c(C(=O)O)n1. The van der Waals surface area contributed by atoms with Gasteiger partial charge in [-0.1, -0.05) is 6.07 Å². The second-order valence-corrected chi connectivity index (χ2v) is 4.41. The predicted octanol–water partition coefficient (Wildman–Crippen LogP) is 1.93. The smallest absolute Gasteiger partial charge is 0.358 e. The number of aromatic carboxylic acids is 1. The standard InChI is InChI=1S/C14H17N3O4/c1-3-17-8-10(13(16-17)14(19)20)15-7-9-4-5-11(18)12(6-9)21-2/h4-6,8,15,18H,3,7H2,1-2H3,(H,19,20). The number of carbonyl (C=O) groups is 1. The molecule has 0 bridgehead atoms. The molecule has 7 heteroatoms. The summed E-state index contributed by atoms with van der Waals surface area (Å²) in [6.07, 6.45) is 1.65. The maximum atomic E-state index is 11.1. The van der Waals surface area contributed by atoms with Crippen molar-refractivity contribution in [3.8, 4) is 11.5 Å². The van der Waals surface area contributed by atoms with Crippen LogP contribution in [-0.2, 0) is 13.1 Å². The molecule has 1 aromatic heterocycles. The molecule has 7 nitrogen and oxygen atoms in total. The van der Waals surface area contributed by atoms with Gasteiger partial charge in [-0.3, -0.25) is 4.68 Å². The highest BCUT2D eigenvalue weighted by Crippen LogP contribution is 2.26. The van der Waals surface area contributed by atoms with Gasteiger partial charge in [-0.2, -0.15) is 5.10 Å². The van der Waals surface area contributed by atoms with Gasteiger partial charge < -0.3 is 20.3 Å². The van der Waals surface area contributed by atoms with Crippen molar-refractivity contribution < 1.29 is 19.7 Å². The maximum Gasteiger partial charge on any atom is 0.358 e. The van der Waals surface area contributed by atoms with Crippen molar-refractivity contribution in [1.29, 1.82) is 0 Å². The molecule has 0 saturated heterocycles. The number of nitrogens with zero attached hydrogens (tertiary/aromatic N) is 2. The zero-order chi connectivity index (χ0) is 15.4. The van der Waals surface area contributed by atoms with E-state index >= 15 is 0 Å². The number of anilines is 1. The second kappa shape index (κ2) is 6.17. The Balaban J connectivity index is 2.16. The van der Waals surface area contributed by atoms with E-state index in [1.165, 1.54) is 13.2 Å². The lowest BCUT2D eigenvalue weighted by atomic mass is 10.2. The van der Waals surface area contributed by atoms with Crippen LogP contribution in [0.3, 0.4) is 0 Å². The van der Waals surface area contributed by atoms with Crippen LogP contribution >= 0.6 is 0 Å². The van der Waals surface area contributed by atoms with Gasteiger partial charge in [0.15, 0.2) is 17.2 Å². The molecule has 1 aromatic carbocycles. The Hall–Kier alpha value is -2.70. The predicted molar refractivity (Wildman–Crippen MR) is 76.8 cm³/mol. The quantitative estimate of drug-likeness (QED) is 0.752. The lowest BCUT2D eigenvalue weighted by Crippen LogP contribution is -2.05. The van der Waals surface area contributed by atoms with Gasteiger partial charge in [0, 0.05) is 19.3 Å². The highest BCUT2D eigenvalue weighted by molar-refractivity contribution is 5.91. The molecule has 21 heavy (non-hydrogen) atoms. The summed E-state index contributed by atoms with van der Waals surface area (Å²) in [7, 11) is 1.47. The van der Waals surface area contributed by atoms with Gasteiger partial charge in [-0.25, -0.2) is 4.79 Å². The van der Waals surface area contributed by atoms with Crippen molar-refractivity contribution in [2.45, 2.75) is 20.0 Å². The number of carboxylic acid groups (broad SMARTS) is 1. The van der Waals surface area contributed by atoms with Crippen LogP contribution < -0.4 is 10.1 Å². The Kier molecular flexibility index (Phi) is 4.32. The number of phenols is 1. The lowest BCUT2D eigenvalue weighted by molar-refractivity contribution is 0.0690. The van der Waals surface area contributed by atoms with Crippen LogP contribution in [0.25, 0.3) is 0 Å². The van der Waals surface area contributed by atoms with Crippen LogP contribution in [0.2, 0.25) is 0 Å². The number of nitrogens with one attached hydrogen (secondary N) is 1. The molecule has 2 rings (SSSR count). The average molecular weight is 291 g/mol. The van der Waals surface area contributed by atoms with E-state index in [1.807, 2.05) is 6.92 Å². The Labute approximate surface area is 121 Å². The zero-order valence-corrected chi connectivity index (χ0v) is 11.8. The summed E-state index contributed by atoms with van der Waals surface area (Å²) in [4.78, 5) is 11.1. The first-order valence-electron chi connectivity index (χ1n) is 6.45. The number of aryl methyl sites for hydroxylation is 1. The van der Waals surface area contributed by atoms with Crippen molar-refractivity contribution in [3.63, 3.8) is 0 Å². The minimum absolute atomic E-state index is 0.0115. The van der Waals surface area contributed by atoms with Gasteiger partial charge in [-0.05, 0) is 24.6 Å². The Morgan fingerprint density at radius 1 is 1.48 bits per heavy atom. The molecule has 0 radical (unpaired) electrons. The molecule has 1 heterocycles. The average Bonchev–Trinajstić information content (AvgIpc) is 2.90. The summed E-state index contributed by atoms with van der Waals surface area (Å²) >= 11 is 0. The van der Waals surface area contributed by atoms with Gasteiger partial charge in [0.2, 0.25) is 0 Å². The largest absolute Gasteiger partial charge is 0.504 e. The van der Waals surface area contributed by atoms with Crippen LogP contribution in [0.5, 0.6) is 11.5 Å². The van der Waals surface area contributed by atoms with E-state index in [2.05, 4.69) is 10.4 Å². The summed E-state index contributed by atoms with van der Waals surface area (Å²) in [6, 6.07) is 4.95. The van der Waals surface area contributed by atoms with Gasteiger partial charge in [0.05, 0.1) is 12.8 Å². The normalized spacial score (nSPS) is 10.4. The van der Waals surface area contributed by atoms with Crippen LogP contribution in [0.4, 0.5) is 5.69 Å². The number of hydrogen-bond donors (Lipinski definition) is 3. The molecule has 0 saturated carbocycles. The molecular weight excluding hydrogens is 274 g/mol. The van der Waals surface area contributed by atoms with Crippen molar-refractivity contribution in [2.24, 2.45) is 0 Å². The van der Waals surface area contributed by atoms with E-state index in [4.69, 9.17) is 9.84 Å². The molecule has 0 aliphatic carbocycles. The van der Waals surface area contributed by atoms with Crippen LogP contribution in [-0.4, -0.2) is 33.1 Å². The monoisotopic (exact) mass is 291 g/mol. The minimum Gasteiger partial charge on any atom is -0.504 e. The van der Waals surface area contributed by atoms with Crippen LogP contribution in [0.1, 0.15) is 23.0 Å². The highest BCUT2D eigenvalue weighted by atomic mass is 16.5. The molecule has 112 valence electrons. The van der Waals surface area contributed by atoms with E-state index in [0.29, 0.717) is 24.5 Å². The fourth-order valence-electron chi connectivity index (χ4n) is 1.90. The molecule has 0 aliphatic heterocycles. The molecule has 0 aliphatic rings.